The van der Waals surface area contributed by atoms with Crippen molar-refractivity contribution in [1.29, 1.82) is 0 Å². The molecule has 0 aliphatic heterocycles. The first kappa shape index (κ1) is 20.8. The van der Waals surface area contributed by atoms with E-state index in [1.54, 1.807) is 26.1 Å². The van der Waals surface area contributed by atoms with Crippen molar-refractivity contribution in [3.05, 3.63) is 60.1 Å². The number of esters is 1. The summed E-state index contributed by atoms with van der Waals surface area (Å²) >= 11 is 0. The molecule has 0 amide bonds. The average Bonchev–Trinajstić information content (AvgIpc) is 3.00. The van der Waals surface area contributed by atoms with Gasteiger partial charge in [-0.25, -0.2) is 19.2 Å². The van der Waals surface area contributed by atoms with Gasteiger partial charge in [0.15, 0.2) is 17.3 Å². The van der Waals surface area contributed by atoms with Crippen LogP contribution in [-0.2, 0) is 21.3 Å². The number of hydrogen-bond acceptors (Lipinski definition) is 8. The predicted molar refractivity (Wildman–Crippen MR) is 104 cm³/mol. The maximum atomic E-state index is 13.8. The van der Waals surface area contributed by atoms with E-state index >= 15 is 0 Å². The van der Waals surface area contributed by atoms with Crippen LogP contribution in [0.4, 0.5) is 4.39 Å². The van der Waals surface area contributed by atoms with Crippen molar-refractivity contribution in [1.82, 2.24) is 19.7 Å². The second kappa shape index (κ2) is 9.03. The van der Waals surface area contributed by atoms with Gasteiger partial charge in [0.2, 0.25) is 11.8 Å². The molecule has 0 saturated heterocycles. The van der Waals surface area contributed by atoms with Gasteiger partial charge in [0, 0.05) is 7.05 Å². The van der Waals surface area contributed by atoms with Crippen molar-refractivity contribution < 1.29 is 28.1 Å². The number of para-hydroxylation sites is 1. The molecule has 3 aromatic rings. The van der Waals surface area contributed by atoms with Crippen LogP contribution in [0.3, 0.4) is 0 Å². The minimum atomic E-state index is -0.629. The number of rotatable bonds is 7. The van der Waals surface area contributed by atoms with E-state index in [1.807, 2.05) is 0 Å². The Balaban J connectivity index is 1.95. The lowest BCUT2D eigenvalue weighted by atomic mass is 10.2. The SMILES string of the molecule is CO/C=C(/C(=O)OC)c1c(Oc2cc(Oc3ccccc3F)ncn2)c(C)nn1C. The number of hydrogen-bond donors (Lipinski definition) is 0. The number of ether oxygens (including phenoxy) is 4. The number of carbonyl (C=O) groups excluding carboxylic acids is 1. The molecule has 2 aromatic heterocycles. The molecule has 0 fully saturated rings. The van der Waals surface area contributed by atoms with Gasteiger partial charge in [-0.2, -0.15) is 5.10 Å². The average molecular weight is 414 g/mol. The Morgan fingerprint density at radius 3 is 2.50 bits per heavy atom. The highest BCUT2D eigenvalue weighted by molar-refractivity contribution is 6.16. The van der Waals surface area contributed by atoms with Crippen molar-refractivity contribution >= 4 is 11.5 Å². The molecule has 0 saturated carbocycles. The molecule has 2 heterocycles. The van der Waals surface area contributed by atoms with Crippen molar-refractivity contribution in [2.45, 2.75) is 6.92 Å². The number of nitrogens with zero attached hydrogens (tertiary/aromatic N) is 4. The van der Waals surface area contributed by atoms with Crippen LogP contribution in [0, 0.1) is 12.7 Å². The number of methoxy groups -OCH3 is 2. The zero-order chi connectivity index (χ0) is 21.7. The molecule has 0 aliphatic rings. The van der Waals surface area contributed by atoms with Crippen molar-refractivity contribution in [2.75, 3.05) is 14.2 Å². The Bertz CT molecular complexity index is 1100. The van der Waals surface area contributed by atoms with Crippen molar-refractivity contribution in [3.63, 3.8) is 0 Å². The van der Waals surface area contributed by atoms with Crippen LogP contribution in [0.5, 0.6) is 23.3 Å². The summed E-state index contributed by atoms with van der Waals surface area (Å²) in [6, 6.07) is 7.32. The minimum Gasteiger partial charge on any atom is -0.503 e. The molecule has 1 aromatic carbocycles. The van der Waals surface area contributed by atoms with E-state index in [1.165, 1.54) is 49.7 Å². The molecule has 156 valence electrons. The Morgan fingerprint density at radius 1 is 1.13 bits per heavy atom. The smallest absolute Gasteiger partial charge is 0.343 e. The summed E-state index contributed by atoms with van der Waals surface area (Å²) in [5, 5.41) is 4.29. The zero-order valence-corrected chi connectivity index (χ0v) is 16.7. The lowest BCUT2D eigenvalue weighted by molar-refractivity contribution is -0.133. The van der Waals surface area contributed by atoms with E-state index in [-0.39, 0.29) is 28.8 Å². The standard InChI is InChI=1S/C20H19FN4O5/c1-12-19(18(25(2)24-12)13(10-27-3)20(26)28-4)30-17-9-16(22-11-23-17)29-15-8-6-5-7-14(15)21/h5-11H,1-4H3/b13-10+. The summed E-state index contributed by atoms with van der Waals surface area (Å²) in [7, 11) is 4.31. The number of aromatic nitrogens is 4. The van der Waals surface area contributed by atoms with Crippen LogP contribution < -0.4 is 9.47 Å². The first-order valence-corrected chi connectivity index (χ1v) is 8.72. The Hall–Kier alpha value is -3.95. The lowest BCUT2D eigenvalue weighted by Gasteiger charge is -2.11. The second-order valence-electron chi connectivity index (χ2n) is 5.97. The molecule has 0 aliphatic carbocycles. The van der Waals surface area contributed by atoms with E-state index in [9.17, 15) is 9.18 Å². The first-order valence-electron chi connectivity index (χ1n) is 8.72. The summed E-state index contributed by atoms with van der Waals surface area (Å²) in [5.74, 6) is -0.699. The van der Waals surface area contributed by atoms with Gasteiger partial charge in [-0.3, -0.25) is 4.68 Å². The van der Waals surface area contributed by atoms with Crippen LogP contribution in [0.15, 0.2) is 42.9 Å². The summed E-state index contributed by atoms with van der Waals surface area (Å²) in [6.07, 6.45) is 2.45. The van der Waals surface area contributed by atoms with Gasteiger partial charge in [0.05, 0.1) is 26.5 Å². The summed E-state index contributed by atoms with van der Waals surface area (Å²) < 4.78 is 36.5. The van der Waals surface area contributed by atoms with Crippen LogP contribution in [0.1, 0.15) is 11.4 Å². The second-order valence-corrected chi connectivity index (χ2v) is 5.97. The van der Waals surface area contributed by atoms with E-state index in [0.717, 1.165) is 0 Å². The fourth-order valence-corrected chi connectivity index (χ4v) is 2.67. The predicted octanol–water partition coefficient (Wildman–Crippen LogP) is 3.40. The number of benzene rings is 1. The fraction of sp³-hybridized carbons (Fsp3) is 0.200. The summed E-state index contributed by atoms with van der Waals surface area (Å²) in [5.41, 5.74) is 0.931. The molecule has 0 bridgehead atoms. The number of aryl methyl sites for hydroxylation is 2. The molecular weight excluding hydrogens is 395 g/mol. The maximum absolute atomic E-state index is 13.8. The Labute approximate surface area is 171 Å². The van der Waals surface area contributed by atoms with Crippen molar-refractivity contribution in [2.24, 2.45) is 7.05 Å². The molecule has 3 rings (SSSR count). The minimum absolute atomic E-state index is 0.0106. The largest absolute Gasteiger partial charge is 0.503 e. The molecule has 30 heavy (non-hydrogen) atoms. The topological polar surface area (TPSA) is 97.6 Å². The van der Waals surface area contributed by atoms with Crippen LogP contribution >= 0.6 is 0 Å². The van der Waals surface area contributed by atoms with E-state index in [2.05, 4.69) is 15.1 Å². The van der Waals surface area contributed by atoms with E-state index in [0.29, 0.717) is 11.4 Å². The zero-order valence-electron chi connectivity index (χ0n) is 16.7. The summed E-state index contributed by atoms with van der Waals surface area (Å²) in [4.78, 5) is 20.2. The van der Waals surface area contributed by atoms with Gasteiger partial charge >= 0.3 is 5.97 Å². The highest BCUT2D eigenvalue weighted by Crippen LogP contribution is 2.34. The molecule has 0 radical (unpaired) electrons. The van der Waals surface area contributed by atoms with Gasteiger partial charge < -0.3 is 18.9 Å². The lowest BCUT2D eigenvalue weighted by Crippen LogP contribution is -2.09. The Morgan fingerprint density at radius 2 is 1.83 bits per heavy atom. The molecule has 0 unspecified atom stereocenters. The Kier molecular flexibility index (Phi) is 6.26. The molecule has 0 spiro atoms. The maximum Gasteiger partial charge on any atom is 0.343 e. The molecule has 9 nitrogen and oxygen atoms in total. The molecule has 10 heteroatoms. The normalized spacial score (nSPS) is 11.2. The number of carbonyl (C=O) groups is 1. The van der Waals surface area contributed by atoms with Gasteiger partial charge in [-0.15, -0.1) is 0 Å². The van der Waals surface area contributed by atoms with Gasteiger partial charge in [0.1, 0.15) is 23.3 Å². The third kappa shape index (κ3) is 4.37. The van der Waals surface area contributed by atoms with E-state index in [4.69, 9.17) is 18.9 Å². The van der Waals surface area contributed by atoms with Crippen molar-refractivity contribution in [3.8, 4) is 23.3 Å². The third-order valence-electron chi connectivity index (χ3n) is 3.94. The molecule has 0 atom stereocenters. The van der Waals surface area contributed by atoms with Gasteiger partial charge in [0.25, 0.3) is 0 Å². The first-order chi connectivity index (χ1) is 14.4. The van der Waals surface area contributed by atoms with Crippen LogP contribution in [-0.4, -0.2) is 39.9 Å². The van der Waals surface area contributed by atoms with Crippen LogP contribution in [0.2, 0.25) is 0 Å². The van der Waals surface area contributed by atoms with Crippen LogP contribution in [0.25, 0.3) is 5.57 Å². The van der Waals surface area contributed by atoms with E-state index < -0.39 is 11.8 Å². The number of halogens is 1. The summed E-state index contributed by atoms with van der Waals surface area (Å²) in [6.45, 7) is 1.71. The quantitative estimate of drug-likeness (QED) is 0.330. The highest BCUT2D eigenvalue weighted by Gasteiger charge is 2.25. The van der Waals surface area contributed by atoms with Gasteiger partial charge in [-0.1, -0.05) is 12.1 Å². The van der Waals surface area contributed by atoms with Gasteiger partial charge in [-0.05, 0) is 19.1 Å². The highest BCUT2D eigenvalue weighted by atomic mass is 19.1. The molecular formula is C20H19FN4O5. The fourth-order valence-electron chi connectivity index (χ4n) is 2.67. The molecule has 0 N–H and O–H groups in total. The third-order valence-corrected chi connectivity index (χ3v) is 3.94. The monoisotopic (exact) mass is 414 g/mol.